The van der Waals surface area contributed by atoms with Gasteiger partial charge in [-0.1, -0.05) is 13.0 Å². The lowest BCUT2D eigenvalue weighted by molar-refractivity contribution is 0.0937. The van der Waals surface area contributed by atoms with Crippen LogP contribution in [0.5, 0.6) is 0 Å². The summed E-state index contributed by atoms with van der Waals surface area (Å²) in [6, 6.07) is 5.58. The van der Waals surface area contributed by atoms with Crippen molar-refractivity contribution in [1.82, 2.24) is 24.9 Å². The normalized spacial score (nSPS) is 12.4. The molecule has 3 heterocycles. The number of carbonyl (C=O) groups is 1. The molecule has 3 aromatic heterocycles. The third-order valence-electron chi connectivity index (χ3n) is 3.65. The van der Waals surface area contributed by atoms with Crippen LogP contribution in [-0.4, -0.2) is 37.5 Å². The molecule has 0 spiro atoms. The third-order valence-corrected chi connectivity index (χ3v) is 5.43. The van der Waals surface area contributed by atoms with Crippen molar-refractivity contribution in [3.05, 3.63) is 46.3 Å². The summed E-state index contributed by atoms with van der Waals surface area (Å²) in [6.07, 6.45) is 7.25. The molecule has 126 valence electrons. The Morgan fingerprint density at radius 3 is 3.04 bits per heavy atom. The topological polar surface area (TPSA) is 72.2 Å². The van der Waals surface area contributed by atoms with E-state index in [0.717, 1.165) is 35.1 Å². The molecule has 0 fully saturated rings. The lowest BCUT2D eigenvalue weighted by Gasteiger charge is -2.16. The zero-order valence-corrected chi connectivity index (χ0v) is 15.2. The van der Waals surface area contributed by atoms with Crippen LogP contribution in [-0.2, 0) is 6.42 Å². The van der Waals surface area contributed by atoms with E-state index in [2.05, 4.69) is 26.8 Å². The number of thioether (sulfide) groups is 1. The predicted molar refractivity (Wildman–Crippen MR) is 97.7 cm³/mol. The van der Waals surface area contributed by atoms with Crippen molar-refractivity contribution < 1.29 is 4.79 Å². The van der Waals surface area contributed by atoms with Gasteiger partial charge < -0.3 is 5.32 Å². The summed E-state index contributed by atoms with van der Waals surface area (Å²) in [5.74, 6) is 1.58. The van der Waals surface area contributed by atoms with Gasteiger partial charge >= 0.3 is 0 Å². The number of hydrogen-bond acceptors (Lipinski definition) is 6. The molecule has 3 aromatic rings. The summed E-state index contributed by atoms with van der Waals surface area (Å²) in [7, 11) is 0. The van der Waals surface area contributed by atoms with Crippen molar-refractivity contribution in [2.75, 3.05) is 12.0 Å². The molecule has 0 bridgehead atoms. The molecule has 1 unspecified atom stereocenters. The van der Waals surface area contributed by atoms with E-state index in [1.54, 1.807) is 18.0 Å². The standard InChI is InChI=1S/C16H19N5OS2/c1-3-14-17-10-12(24-14)16(22)18-11(7-9-23-2)15-20-19-13-6-4-5-8-21(13)15/h4-6,8,10-11H,3,7,9H2,1-2H3,(H,18,22). The van der Waals surface area contributed by atoms with E-state index in [1.807, 2.05) is 35.7 Å². The molecule has 0 saturated carbocycles. The van der Waals surface area contributed by atoms with E-state index in [4.69, 9.17) is 0 Å². The summed E-state index contributed by atoms with van der Waals surface area (Å²) in [4.78, 5) is 17.5. The van der Waals surface area contributed by atoms with Crippen molar-refractivity contribution in [3.8, 4) is 0 Å². The second-order valence-corrected chi connectivity index (χ2v) is 7.37. The maximum Gasteiger partial charge on any atom is 0.263 e. The van der Waals surface area contributed by atoms with Gasteiger partial charge in [0.1, 0.15) is 4.88 Å². The average Bonchev–Trinajstić information content (AvgIpc) is 3.25. The molecule has 24 heavy (non-hydrogen) atoms. The molecule has 0 aliphatic heterocycles. The second kappa shape index (κ2) is 7.76. The summed E-state index contributed by atoms with van der Waals surface area (Å²) < 4.78 is 1.93. The Hall–Kier alpha value is -1.93. The minimum absolute atomic E-state index is 0.106. The van der Waals surface area contributed by atoms with Crippen LogP contribution >= 0.6 is 23.1 Å². The summed E-state index contributed by atoms with van der Waals surface area (Å²) >= 11 is 3.18. The summed E-state index contributed by atoms with van der Waals surface area (Å²) in [5.41, 5.74) is 0.780. The highest BCUT2D eigenvalue weighted by Crippen LogP contribution is 2.20. The van der Waals surface area contributed by atoms with Gasteiger partial charge in [0.2, 0.25) is 0 Å². The van der Waals surface area contributed by atoms with Gasteiger partial charge in [-0.3, -0.25) is 9.20 Å². The Kier molecular flexibility index (Phi) is 5.47. The molecule has 1 N–H and O–H groups in total. The number of nitrogens with zero attached hydrogens (tertiary/aromatic N) is 4. The van der Waals surface area contributed by atoms with Crippen LogP contribution < -0.4 is 5.32 Å². The molecular formula is C16H19N5OS2. The maximum atomic E-state index is 12.6. The number of pyridine rings is 1. The highest BCUT2D eigenvalue weighted by Gasteiger charge is 2.21. The van der Waals surface area contributed by atoms with Gasteiger partial charge in [0.05, 0.1) is 17.2 Å². The average molecular weight is 361 g/mol. The van der Waals surface area contributed by atoms with Crippen LogP contribution in [0.15, 0.2) is 30.6 Å². The van der Waals surface area contributed by atoms with Crippen molar-refractivity contribution in [1.29, 1.82) is 0 Å². The minimum atomic E-state index is -0.186. The van der Waals surface area contributed by atoms with Gasteiger partial charge in [-0.25, -0.2) is 4.98 Å². The molecule has 0 radical (unpaired) electrons. The first-order valence-corrected chi connectivity index (χ1v) is 9.98. The van der Waals surface area contributed by atoms with Gasteiger partial charge in [-0.05, 0) is 37.0 Å². The number of aryl methyl sites for hydroxylation is 1. The first kappa shape index (κ1) is 16.9. The van der Waals surface area contributed by atoms with Crippen LogP contribution in [0, 0.1) is 0 Å². The van der Waals surface area contributed by atoms with Gasteiger partial charge in [-0.2, -0.15) is 11.8 Å². The van der Waals surface area contributed by atoms with Crippen LogP contribution in [0.25, 0.3) is 5.65 Å². The van der Waals surface area contributed by atoms with Gasteiger partial charge in [0.15, 0.2) is 11.5 Å². The molecule has 6 nitrogen and oxygen atoms in total. The molecule has 0 saturated heterocycles. The highest BCUT2D eigenvalue weighted by molar-refractivity contribution is 7.98. The molecule has 8 heteroatoms. The Bertz CT molecular complexity index is 829. The van der Waals surface area contributed by atoms with Crippen molar-refractivity contribution in [2.24, 2.45) is 0 Å². The van der Waals surface area contributed by atoms with E-state index in [9.17, 15) is 4.79 Å². The molecule has 0 aliphatic carbocycles. The minimum Gasteiger partial charge on any atom is -0.341 e. The monoisotopic (exact) mass is 361 g/mol. The van der Waals surface area contributed by atoms with E-state index >= 15 is 0 Å². The number of thiazole rings is 1. The Labute approximate surface area is 148 Å². The van der Waals surface area contributed by atoms with Crippen LogP contribution in [0.4, 0.5) is 0 Å². The molecule has 3 rings (SSSR count). The van der Waals surface area contributed by atoms with E-state index in [1.165, 1.54) is 11.3 Å². The Morgan fingerprint density at radius 1 is 1.42 bits per heavy atom. The first-order valence-electron chi connectivity index (χ1n) is 7.77. The number of aromatic nitrogens is 4. The zero-order valence-electron chi connectivity index (χ0n) is 13.6. The SMILES string of the molecule is CCc1ncc(C(=O)NC(CCSC)c2nnc3ccccn23)s1. The highest BCUT2D eigenvalue weighted by atomic mass is 32.2. The molecule has 1 amide bonds. The van der Waals surface area contributed by atoms with Gasteiger partial charge in [-0.15, -0.1) is 21.5 Å². The quantitative estimate of drug-likeness (QED) is 0.700. The fraction of sp³-hybridized carbons (Fsp3) is 0.375. The molecular weight excluding hydrogens is 342 g/mol. The molecule has 0 aromatic carbocycles. The lowest BCUT2D eigenvalue weighted by Crippen LogP contribution is -2.30. The number of rotatable bonds is 7. The largest absolute Gasteiger partial charge is 0.341 e. The van der Waals surface area contributed by atoms with Crippen LogP contribution in [0.1, 0.15) is 39.9 Å². The van der Waals surface area contributed by atoms with E-state index in [-0.39, 0.29) is 11.9 Å². The van der Waals surface area contributed by atoms with Crippen molar-refractivity contribution in [2.45, 2.75) is 25.8 Å². The summed E-state index contributed by atoms with van der Waals surface area (Å²) in [6.45, 7) is 2.03. The van der Waals surface area contributed by atoms with Crippen LogP contribution in [0.3, 0.4) is 0 Å². The molecule has 0 aliphatic rings. The second-order valence-electron chi connectivity index (χ2n) is 5.27. The number of carbonyl (C=O) groups excluding carboxylic acids is 1. The Balaban J connectivity index is 1.84. The van der Waals surface area contributed by atoms with E-state index in [0.29, 0.717) is 4.88 Å². The van der Waals surface area contributed by atoms with Crippen molar-refractivity contribution in [3.63, 3.8) is 0 Å². The van der Waals surface area contributed by atoms with Gasteiger partial charge in [0, 0.05) is 6.20 Å². The zero-order chi connectivity index (χ0) is 16.9. The maximum absolute atomic E-state index is 12.6. The first-order chi connectivity index (χ1) is 11.7. The fourth-order valence-corrected chi connectivity index (χ4v) is 3.64. The number of fused-ring (bicyclic) bond motifs is 1. The molecule has 1 atom stereocenters. The lowest BCUT2D eigenvalue weighted by atomic mass is 10.2. The van der Waals surface area contributed by atoms with E-state index < -0.39 is 0 Å². The van der Waals surface area contributed by atoms with Gasteiger partial charge in [0.25, 0.3) is 5.91 Å². The number of hydrogen-bond donors (Lipinski definition) is 1. The third kappa shape index (κ3) is 3.59. The number of amides is 1. The smallest absolute Gasteiger partial charge is 0.263 e. The fourth-order valence-electron chi connectivity index (χ4n) is 2.41. The van der Waals surface area contributed by atoms with Crippen LogP contribution in [0.2, 0.25) is 0 Å². The number of nitrogens with one attached hydrogen (secondary N) is 1. The predicted octanol–water partition coefficient (Wildman–Crippen LogP) is 2.97. The Morgan fingerprint density at radius 2 is 2.29 bits per heavy atom. The summed E-state index contributed by atoms with van der Waals surface area (Å²) in [5, 5.41) is 12.5. The van der Waals surface area contributed by atoms with Crippen molar-refractivity contribution >= 4 is 34.7 Å².